The number of aromatic hydroxyl groups is 1. The molecule has 0 atom stereocenters. The molecule has 0 saturated heterocycles. The maximum Gasteiger partial charge on any atom is 0.322 e. The van der Waals surface area contributed by atoms with Crippen LogP contribution in [0.15, 0.2) is 24.3 Å². The summed E-state index contributed by atoms with van der Waals surface area (Å²) in [7, 11) is 0. The van der Waals surface area contributed by atoms with Crippen molar-refractivity contribution in [1.29, 1.82) is 0 Å². The summed E-state index contributed by atoms with van der Waals surface area (Å²) in [5.41, 5.74) is 1.89. The Morgan fingerprint density at radius 2 is 2.11 bits per heavy atom. The van der Waals surface area contributed by atoms with E-state index in [4.69, 9.17) is 17.3 Å². The monoisotopic (exact) mass is 276 g/mol. The molecular weight excluding hydrogens is 264 g/mol. The second-order valence-electron chi connectivity index (χ2n) is 4.06. The minimum Gasteiger partial charge on any atom is -0.506 e. The van der Waals surface area contributed by atoms with Gasteiger partial charge in [0.2, 0.25) is 0 Å². The molecule has 0 aliphatic heterocycles. The molecule has 1 aromatic heterocycles. The first kappa shape index (κ1) is 13.2. The molecule has 0 aliphatic rings. The molecule has 0 radical (unpaired) electrons. The van der Waals surface area contributed by atoms with E-state index in [0.29, 0.717) is 21.5 Å². The van der Waals surface area contributed by atoms with Crippen LogP contribution in [0, 0.1) is 6.92 Å². The van der Waals surface area contributed by atoms with Crippen LogP contribution in [0.2, 0.25) is 0 Å². The molecule has 2 rings (SSSR count). The standard InChI is InChI=1S/C13H12N2O3S/c1-7-2-3-8-9(13(19)14-6-11(17)18)4-5-10(16)12(8)15-7/h2-5,16H,6H2,1H3,(H,14,19)(H,17,18). The average Bonchev–Trinajstić information content (AvgIpc) is 2.37. The maximum absolute atomic E-state index is 10.5. The Morgan fingerprint density at radius 1 is 1.37 bits per heavy atom. The molecule has 0 unspecified atom stereocenters. The molecule has 0 spiro atoms. The van der Waals surface area contributed by atoms with Gasteiger partial charge in [-0.05, 0) is 25.1 Å². The Balaban J connectivity index is 2.47. The minimum absolute atomic E-state index is 0.0727. The summed E-state index contributed by atoms with van der Waals surface area (Å²) < 4.78 is 0. The number of hydrogen-bond acceptors (Lipinski definition) is 4. The highest BCUT2D eigenvalue weighted by molar-refractivity contribution is 7.80. The third kappa shape index (κ3) is 2.79. The van der Waals surface area contributed by atoms with E-state index >= 15 is 0 Å². The van der Waals surface area contributed by atoms with Crippen LogP contribution in [0.3, 0.4) is 0 Å². The highest BCUT2D eigenvalue weighted by Crippen LogP contribution is 2.26. The van der Waals surface area contributed by atoms with Crippen molar-refractivity contribution in [2.45, 2.75) is 6.92 Å². The van der Waals surface area contributed by atoms with Crippen LogP contribution in [0.1, 0.15) is 11.3 Å². The Labute approximate surface area is 114 Å². The van der Waals surface area contributed by atoms with Gasteiger partial charge >= 0.3 is 5.97 Å². The van der Waals surface area contributed by atoms with Crippen LogP contribution >= 0.6 is 12.2 Å². The number of nitrogens with zero attached hydrogens (tertiary/aromatic N) is 1. The lowest BCUT2D eigenvalue weighted by molar-refractivity contribution is -0.135. The van der Waals surface area contributed by atoms with E-state index in [1.165, 1.54) is 6.07 Å². The van der Waals surface area contributed by atoms with Crippen molar-refractivity contribution in [3.8, 4) is 5.75 Å². The van der Waals surface area contributed by atoms with Crippen LogP contribution in [0.25, 0.3) is 10.9 Å². The number of carboxylic acid groups (broad SMARTS) is 1. The Kier molecular flexibility index (Phi) is 3.62. The number of carboxylic acids is 1. The van der Waals surface area contributed by atoms with E-state index in [1.807, 2.05) is 19.1 Å². The van der Waals surface area contributed by atoms with Gasteiger partial charge in [-0.25, -0.2) is 4.98 Å². The van der Waals surface area contributed by atoms with Crippen LogP contribution in [0.5, 0.6) is 5.75 Å². The Hall–Kier alpha value is -2.21. The predicted octanol–water partition coefficient (Wildman–Crippen LogP) is 1.60. The average molecular weight is 276 g/mol. The summed E-state index contributed by atoms with van der Waals surface area (Å²) >= 11 is 5.16. The SMILES string of the molecule is Cc1ccc2c(C(=S)NCC(=O)O)ccc(O)c2n1. The number of aromatic nitrogens is 1. The molecule has 98 valence electrons. The van der Waals surface area contributed by atoms with E-state index in [0.717, 1.165) is 5.69 Å². The zero-order valence-corrected chi connectivity index (χ0v) is 11.0. The number of carbonyl (C=O) groups is 1. The van der Waals surface area contributed by atoms with Gasteiger partial charge in [0.15, 0.2) is 0 Å². The highest BCUT2D eigenvalue weighted by atomic mass is 32.1. The topological polar surface area (TPSA) is 82.5 Å². The third-order valence-corrected chi connectivity index (χ3v) is 2.98. The maximum atomic E-state index is 10.5. The van der Waals surface area contributed by atoms with Crippen molar-refractivity contribution in [2.24, 2.45) is 0 Å². The number of nitrogens with one attached hydrogen (secondary N) is 1. The number of thiocarbonyl (C=S) groups is 1. The van der Waals surface area contributed by atoms with E-state index in [1.54, 1.807) is 6.07 Å². The lowest BCUT2D eigenvalue weighted by Crippen LogP contribution is -2.28. The number of fused-ring (bicyclic) bond motifs is 1. The summed E-state index contributed by atoms with van der Waals surface area (Å²) in [6.07, 6.45) is 0. The molecule has 5 nitrogen and oxygen atoms in total. The number of hydrogen-bond donors (Lipinski definition) is 3. The van der Waals surface area contributed by atoms with E-state index in [-0.39, 0.29) is 12.3 Å². The molecule has 0 saturated carbocycles. The molecule has 0 bridgehead atoms. The molecule has 3 N–H and O–H groups in total. The molecule has 19 heavy (non-hydrogen) atoms. The molecule has 0 aliphatic carbocycles. The van der Waals surface area contributed by atoms with E-state index in [9.17, 15) is 9.90 Å². The van der Waals surface area contributed by atoms with Crippen LogP contribution in [0.4, 0.5) is 0 Å². The van der Waals surface area contributed by atoms with Gasteiger partial charge < -0.3 is 15.5 Å². The van der Waals surface area contributed by atoms with Crippen molar-refractivity contribution in [1.82, 2.24) is 10.3 Å². The summed E-state index contributed by atoms with van der Waals surface area (Å²) in [4.78, 5) is 15.1. The van der Waals surface area contributed by atoms with Crippen LogP contribution < -0.4 is 5.32 Å². The lowest BCUT2D eigenvalue weighted by Gasteiger charge is -2.10. The van der Waals surface area contributed by atoms with Gasteiger partial charge in [0.05, 0.1) is 0 Å². The van der Waals surface area contributed by atoms with Crippen LogP contribution in [-0.4, -0.2) is 32.7 Å². The number of benzene rings is 1. The molecule has 0 fully saturated rings. The van der Waals surface area contributed by atoms with Crippen molar-refractivity contribution in [3.05, 3.63) is 35.5 Å². The second-order valence-corrected chi connectivity index (χ2v) is 4.47. The number of aryl methyl sites for hydroxylation is 1. The summed E-state index contributed by atoms with van der Waals surface area (Å²) in [6.45, 7) is 1.58. The summed E-state index contributed by atoms with van der Waals surface area (Å²) in [6, 6.07) is 6.76. The highest BCUT2D eigenvalue weighted by Gasteiger charge is 2.11. The molecule has 1 aromatic carbocycles. The molecule has 2 aromatic rings. The molecule has 0 amide bonds. The minimum atomic E-state index is -0.987. The van der Waals surface area contributed by atoms with Crippen molar-refractivity contribution in [2.75, 3.05) is 6.54 Å². The van der Waals surface area contributed by atoms with Crippen molar-refractivity contribution in [3.63, 3.8) is 0 Å². The zero-order chi connectivity index (χ0) is 14.0. The first-order valence-corrected chi connectivity index (χ1v) is 5.99. The predicted molar refractivity (Wildman–Crippen MR) is 75.5 cm³/mol. The molecule has 6 heteroatoms. The first-order valence-electron chi connectivity index (χ1n) is 5.58. The fraction of sp³-hybridized carbons (Fsp3) is 0.154. The fourth-order valence-electron chi connectivity index (χ4n) is 1.75. The summed E-state index contributed by atoms with van der Waals surface area (Å²) in [5, 5.41) is 21.8. The number of phenols is 1. The van der Waals surface area contributed by atoms with E-state index in [2.05, 4.69) is 10.3 Å². The lowest BCUT2D eigenvalue weighted by atomic mass is 10.1. The molecular formula is C13H12N2O3S. The zero-order valence-electron chi connectivity index (χ0n) is 10.2. The number of rotatable bonds is 3. The van der Waals surface area contributed by atoms with Gasteiger partial charge in [0, 0.05) is 16.6 Å². The van der Waals surface area contributed by atoms with Gasteiger partial charge in [0.1, 0.15) is 22.8 Å². The molecule has 1 heterocycles. The van der Waals surface area contributed by atoms with E-state index < -0.39 is 5.97 Å². The van der Waals surface area contributed by atoms with Crippen LogP contribution in [-0.2, 0) is 4.79 Å². The quantitative estimate of drug-likeness (QED) is 0.739. The third-order valence-electron chi connectivity index (χ3n) is 2.62. The smallest absolute Gasteiger partial charge is 0.322 e. The Morgan fingerprint density at radius 3 is 2.79 bits per heavy atom. The normalized spacial score (nSPS) is 10.4. The number of aliphatic carboxylic acids is 1. The van der Waals surface area contributed by atoms with Gasteiger partial charge in [0.25, 0.3) is 0 Å². The number of pyridine rings is 1. The van der Waals surface area contributed by atoms with Gasteiger partial charge in [-0.1, -0.05) is 18.3 Å². The first-order chi connectivity index (χ1) is 8.99. The fourth-order valence-corrected chi connectivity index (χ4v) is 2.00. The van der Waals surface area contributed by atoms with Gasteiger partial charge in [-0.3, -0.25) is 4.79 Å². The second kappa shape index (κ2) is 5.19. The summed E-state index contributed by atoms with van der Waals surface area (Å²) in [5.74, 6) is -0.914. The largest absolute Gasteiger partial charge is 0.506 e. The number of phenolic OH excluding ortho intramolecular Hbond substituents is 1. The van der Waals surface area contributed by atoms with Gasteiger partial charge in [-0.2, -0.15) is 0 Å². The van der Waals surface area contributed by atoms with Crippen molar-refractivity contribution >= 4 is 34.1 Å². The Bertz CT molecular complexity index is 670. The van der Waals surface area contributed by atoms with Crippen molar-refractivity contribution < 1.29 is 15.0 Å². The van der Waals surface area contributed by atoms with Gasteiger partial charge in [-0.15, -0.1) is 0 Å².